The lowest BCUT2D eigenvalue weighted by Gasteiger charge is -2.45. The van der Waals surface area contributed by atoms with E-state index in [1.54, 1.807) is 7.11 Å². The summed E-state index contributed by atoms with van der Waals surface area (Å²) in [6.45, 7) is 5.91. The van der Waals surface area contributed by atoms with Gasteiger partial charge in [-0.2, -0.15) is 0 Å². The van der Waals surface area contributed by atoms with Gasteiger partial charge in [-0.3, -0.25) is 4.99 Å². The Morgan fingerprint density at radius 2 is 2.05 bits per heavy atom. The number of likely N-dealkylation sites (tertiary alicyclic amines) is 1. The van der Waals surface area contributed by atoms with Crippen LogP contribution in [0.3, 0.4) is 0 Å². The van der Waals surface area contributed by atoms with E-state index < -0.39 is 5.60 Å². The molecule has 0 spiro atoms. The molecule has 4 nitrogen and oxygen atoms in total. The molecule has 22 heavy (non-hydrogen) atoms. The van der Waals surface area contributed by atoms with Gasteiger partial charge in [0.1, 0.15) is 5.75 Å². The number of aliphatic hydroxyl groups is 1. The lowest BCUT2D eigenvalue weighted by atomic mass is 9.77. The van der Waals surface area contributed by atoms with E-state index in [1.165, 1.54) is 0 Å². The molecule has 2 rings (SSSR count). The quantitative estimate of drug-likeness (QED) is 0.851. The van der Waals surface area contributed by atoms with Crippen LogP contribution in [0.1, 0.15) is 32.3 Å². The lowest BCUT2D eigenvalue weighted by Crippen LogP contribution is -2.53. The van der Waals surface area contributed by atoms with Crippen molar-refractivity contribution in [3.8, 4) is 5.75 Å². The molecule has 0 radical (unpaired) electrons. The number of piperidine rings is 1. The zero-order valence-corrected chi connectivity index (χ0v) is 14.1. The van der Waals surface area contributed by atoms with Crippen LogP contribution in [0.4, 0.5) is 0 Å². The maximum atomic E-state index is 10.9. The van der Waals surface area contributed by atoms with E-state index in [4.69, 9.17) is 4.74 Å². The van der Waals surface area contributed by atoms with E-state index in [0.717, 1.165) is 30.7 Å². The van der Waals surface area contributed by atoms with Crippen molar-refractivity contribution < 1.29 is 9.84 Å². The maximum Gasteiger partial charge on any atom is 0.118 e. The highest BCUT2D eigenvalue weighted by Crippen LogP contribution is 2.33. The molecule has 1 fully saturated rings. The van der Waals surface area contributed by atoms with Gasteiger partial charge in [0.25, 0.3) is 0 Å². The minimum absolute atomic E-state index is 0.282. The monoisotopic (exact) mass is 304 g/mol. The SMILES string of the molecule is COc1ccc(C=NCC[C@@]2(O)C[C@@H](C)N(C)C[C@@H]2C)cc1. The Morgan fingerprint density at radius 1 is 1.36 bits per heavy atom. The van der Waals surface area contributed by atoms with Crippen LogP contribution in [-0.4, -0.2) is 55.1 Å². The van der Waals surface area contributed by atoms with E-state index in [0.29, 0.717) is 12.6 Å². The van der Waals surface area contributed by atoms with Crippen molar-refractivity contribution in [1.29, 1.82) is 0 Å². The Bertz CT molecular complexity index is 500. The number of methoxy groups -OCH3 is 1. The van der Waals surface area contributed by atoms with E-state index in [1.807, 2.05) is 30.5 Å². The summed E-state index contributed by atoms with van der Waals surface area (Å²) in [6, 6.07) is 8.24. The van der Waals surface area contributed by atoms with Crippen LogP contribution in [0, 0.1) is 5.92 Å². The smallest absolute Gasteiger partial charge is 0.118 e. The summed E-state index contributed by atoms with van der Waals surface area (Å²) in [5.41, 5.74) is 0.459. The third-order valence-electron chi connectivity index (χ3n) is 4.91. The molecule has 0 unspecified atom stereocenters. The molecule has 122 valence electrons. The Balaban J connectivity index is 1.87. The van der Waals surface area contributed by atoms with Crippen molar-refractivity contribution in [2.75, 3.05) is 27.2 Å². The minimum Gasteiger partial charge on any atom is -0.497 e. The zero-order chi connectivity index (χ0) is 16.2. The molecule has 4 heteroatoms. The summed E-state index contributed by atoms with van der Waals surface area (Å²) in [5, 5.41) is 10.9. The number of hydrogen-bond donors (Lipinski definition) is 1. The van der Waals surface area contributed by atoms with E-state index in [9.17, 15) is 5.11 Å². The van der Waals surface area contributed by atoms with Gasteiger partial charge in [0.2, 0.25) is 0 Å². The molecule has 1 aliphatic heterocycles. The first kappa shape index (κ1) is 17.0. The van der Waals surface area contributed by atoms with Gasteiger partial charge in [-0.15, -0.1) is 0 Å². The van der Waals surface area contributed by atoms with E-state index in [-0.39, 0.29) is 5.92 Å². The zero-order valence-electron chi connectivity index (χ0n) is 14.1. The molecule has 1 N–H and O–H groups in total. The fourth-order valence-corrected chi connectivity index (χ4v) is 3.12. The first-order chi connectivity index (χ1) is 10.4. The van der Waals surface area contributed by atoms with Crippen LogP contribution in [0.15, 0.2) is 29.3 Å². The summed E-state index contributed by atoms with van der Waals surface area (Å²) < 4.78 is 5.14. The van der Waals surface area contributed by atoms with Crippen LogP contribution in [-0.2, 0) is 0 Å². The molecule has 1 aromatic carbocycles. The Morgan fingerprint density at radius 3 is 2.68 bits per heavy atom. The van der Waals surface area contributed by atoms with Gasteiger partial charge in [0.05, 0.1) is 12.7 Å². The van der Waals surface area contributed by atoms with Gasteiger partial charge in [0, 0.05) is 25.3 Å². The summed E-state index contributed by atoms with van der Waals surface area (Å²) in [6.07, 6.45) is 3.41. The number of rotatable bonds is 5. The summed E-state index contributed by atoms with van der Waals surface area (Å²) in [5.74, 6) is 1.13. The molecule has 1 saturated heterocycles. The van der Waals surface area contributed by atoms with Crippen molar-refractivity contribution in [1.82, 2.24) is 4.90 Å². The third-order valence-corrected chi connectivity index (χ3v) is 4.91. The van der Waals surface area contributed by atoms with Gasteiger partial charge in [0.15, 0.2) is 0 Å². The Hall–Kier alpha value is -1.39. The summed E-state index contributed by atoms with van der Waals surface area (Å²) in [4.78, 5) is 6.79. The second-order valence-corrected chi connectivity index (χ2v) is 6.56. The van der Waals surface area contributed by atoms with Crippen LogP contribution >= 0.6 is 0 Å². The summed E-state index contributed by atoms with van der Waals surface area (Å²) >= 11 is 0. The molecule has 0 aromatic heterocycles. The summed E-state index contributed by atoms with van der Waals surface area (Å²) in [7, 11) is 3.79. The van der Waals surface area contributed by atoms with Crippen molar-refractivity contribution in [3.05, 3.63) is 29.8 Å². The highest BCUT2D eigenvalue weighted by Gasteiger charge is 2.40. The number of hydrogen-bond acceptors (Lipinski definition) is 4. The molecular weight excluding hydrogens is 276 g/mol. The molecule has 1 heterocycles. The van der Waals surface area contributed by atoms with Crippen LogP contribution in [0.5, 0.6) is 5.75 Å². The fourth-order valence-electron chi connectivity index (χ4n) is 3.12. The van der Waals surface area contributed by atoms with Gasteiger partial charge < -0.3 is 14.7 Å². The molecule has 1 aromatic rings. The molecule has 0 aliphatic carbocycles. The molecular formula is C18H28N2O2. The van der Waals surface area contributed by atoms with Crippen LogP contribution < -0.4 is 4.74 Å². The van der Waals surface area contributed by atoms with Gasteiger partial charge >= 0.3 is 0 Å². The standard InChI is InChI=1S/C18H28N2O2/c1-14-13-20(3)15(2)11-18(14,21)9-10-19-12-16-5-7-17(22-4)8-6-16/h5-8,12,14-15,21H,9-11,13H2,1-4H3/t14-,15+,18+/m0/s1. The lowest BCUT2D eigenvalue weighted by molar-refractivity contribution is -0.0818. The molecule has 0 bridgehead atoms. The average Bonchev–Trinajstić information content (AvgIpc) is 2.50. The number of aliphatic imine (C=N–C) groups is 1. The Kier molecular flexibility index (Phi) is 5.59. The number of ether oxygens (including phenoxy) is 1. The second kappa shape index (κ2) is 7.25. The van der Waals surface area contributed by atoms with Crippen molar-refractivity contribution in [3.63, 3.8) is 0 Å². The molecule has 1 aliphatic rings. The second-order valence-electron chi connectivity index (χ2n) is 6.56. The van der Waals surface area contributed by atoms with Gasteiger partial charge in [-0.1, -0.05) is 6.92 Å². The van der Waals surface area contributed by atoms with E-state index >= 15 is 0 Å². The largest absolute Gasteiger partial charge is 0.497 e. The highest BCUT2D eigenvalue weighted by molar-refractivity contribution is 5.79. The van der Waals surface area contributed by atoms with Gasteiger partial charge in [-0.25, -0.2) is 0 Å². The number of nitrogens with zero attached hydrogens (tertiary/aromatic N) is 2. The number of benzene rings is 1. The molecule has 3 atom stereocenters. The fraction of sp³-hybridized carbons (Fsp3) is 0.611. The Labute approximate surface area is 133 Å². The van der Waals surface area contributed by atoms with E-state index in [2.05, 4.69) is 30.8 Å². The molecule has 0 amide bonds. The van der Waals surface area contributed by atoms with Crippen LogP contribution in [0.25, 0.3) is 0 Å². The first-order valence-electron chi connectivity index (χ1n) is 8.01. The minimum atomic E-state index is -0.594. The van der Waals surface area contributed by atoms with Crippen molar-refractivity contribution in [2.45, 2.75) is 38.3 Å². The highest BCUT2D eigenvalue weighted by atomic mass is 16.5. The van der Waals surface area contributed by atoms with Crippen molar-refractivity contribution in [2.24, 2.45) is 10.9 Å². The molecule has 0 saturated carbocycles. The van der Waals surface area contributed by atoms with Crippen molar-refractivity contribution >= 4 is 6.21 Å². The predicted octanol–water partition coefficient (Wildman–Crippen LogP) is 2.60. The van der Waals surface area contributed by atoms with Gasteiger partial charge in [-0.05, 0) is 62.6 Å². The van der Waals surface area contributed by atoms with Crippen LogP contribution in [0.2, 0.25) is 0 Å². The first-order valence-corrected chi connectivity index (χ1v) is 8.01. The normalized spacial score (nSPS) is 29.9. The predicted molar refractivity (Wildman–Crippen MR) is 90.9 cm³/mol. The topological polar surface area (TPSA) is 45.1 Å². The maximum absolute atomic E-state index is 10.9. The average molecular weight is 304 g/mol. The third kappa shape index (κ3) is 4.08.